The van der Waals surface area contributed by atoms with E-state index in [-0.39, 0.29) is 11.8 Å². The topological polar surface area (TPSA) is 128 Å². The number of hydrogen-bond donors (Lipinski definition) is 2. The molecule has 152 valence electrons. The van der Waals surface area contributed by atoms with Crippen LogP contribution in [-0.2, 0) is 29.6 Å². The fourth-order valence-corrected chi connectivity index (χ4v) is 4.81. The third kappa shape index (κ3) is 4.01. The number of carbonyl (C=O) groups excluding carboxylic acids is 2. The molecule has 0 bridgehead atoms. The Morgan fingerprint density at radius 3 is 2.30 bits per heavy atom. The Kier molecular flexibility index (Phi) is 6.00. The second-order valence-electron chi connectivity index (χ2n) is 7.60. The average molecular weight is 401 g/mol. The van der Waals surface area contributed by atoms with E-state index < -0.39 is 31.2 Å². The number of anilines is 1. The van der Waals surface area contributed by atoms with Gasteiger partial charge in [-0.2, -0.15) is 0 Å². The molecule has 0 aromatic carbocycles. The molecule has 2 N–H and O–H groups in total. The lowest BCUT2D eigenvalue weighted by atomic mass is 9.88. The number of aromatic nitrogens is 1. The second kappa shape index (κ2) is 7.59. The molecule has 1 fully saturated rings. The van der Waals surface area contributed by atoms with Crippen LogP contribution in [0.25, 0.3) is 0 Å². The van der Waals surface area contributed by atoms with Crippen molar-refractivity contribution in [2.75, 3.05) is 25.6 Å². The lowest BCUT2D eigenvalue weighted by molar-refractivity contribution is -0.125. The number of sulfone groups is 1. The minimum Gasteiger partial charge on any atom is -0.381 e. The van der Waals surface area contributed by atoms with Crippen LogP contribution in [0.4, 0.5) is 5.88 Å². The summed E-state index contributed by atoms with van der Waals surface area (Å²) < 4.78 is 34.5. The summed E-state index contributed by atoms with van der Waals surface area (Å²) in [5, 5.41) is 8.21. The number of ether oxygens (including phenoxy) is 1. The molecule has 2 rings (SSSR count). The monoisotopic (exact) mass is 401 g/mol. The number of nitrogens with zero attached hydrogens (tertiary/aromatic N) is 1. The van der Waals surface area contributed by atoms with Gasteiger partial charge in [-0.1, -0.05) is 5.16 Å². The zero-order valence-electron chi connectivity index (χ0n) is 16.3. The Hall–Kier alpha value is -1.94. The smallest absolute Gasteiger partial charge is 0.247 e. The van der Waals surface area contributed by atoms with Gasteiger partial charge in [-0.15, -0.1) is 0 Å². The highest BCUT2D eigenvalue weighted by Crippen LogP contribution is 2.30. The number of carbonyl (C=O) groups is 2. The zero-order valence-corrected chi connectivity index (χ0v) is 17.1. The molecule has 0 atom stereocenters. The summed E-state index contributed by atoms with van der Waals surface area (Å²) >= 11 is 0. The van der Waals surface area contributed by atoms with Crippen LogP contribution in [0.1, 0.15) is 46.2 Å². The first-order valence-corrected chi connectivity index (χ1v) is 10.3. The second-order valence-corrected chi connectivity index (χ2v) is 10.4. The molecule has 0 radical (unpaired) electrons. The Morgan fingerprint density at radius 2 is 1.74 bits per heavy atom. The van der Waals surface area contributed by atoms with Crippen molar-refractivity contribution in [1.29, 1.82) is 0 Å². The quantitative estimate of drug-likeness (QED) is 0.728. The first kappa shape index (κ1) is 21.4. The summed E-state index contributed by atoms with van der Waals surface area (Å²) in [6.45, 7) is 6.80. The van der Waals surface area contributed by atoms with Gasteiger partial charge in [-0.25, -0.2) is 8.42 Å². The van der Waals surface area contributed by atoms with Gasteiger partial charge in [0.25, 0.3) is 0 Å². The van der Waals surface area contributed by atoms with Crippen molar-refractivity contribution in [3.8, 4) is 0 Å². The molecule has 1 aliphatic rings. The van der Waals surface area contributed by atoms with Crippen LogP contribution in [0.5, 0.6) is 0 Å². The molecule has 9 nitrogen and oxygen atoms in total. The lowest BCUT2D eigenvalue weighted by Gasteiger charge is -2.30. The van der Waals surface area contributed by atoms with E-state index in [1.165, 1.54) is 27.0 Å². The van der Waals surface area contributed by atoms with Gasteiger partial charge in [0.2, 0.25) is 17.7 Å². The average Bonchev–Trinajstić information content (AvgIpc) is 3.10. The molecule has 1 aromatic heterocycles. The normalized spacial score (nSPS) is 16.8. The molecule has 27 heavy (non-hydrogen) atoms. The first-order valence-electron chi connectivity index (χ1n) is 8.76. The molecule has 0 unspecified atom stereocenters. The van der Waals surface area contributed by atoms with Crippen molar-refractivity contribution in [2.45, 2.75) is 55.9 Å². The Labute approximate surface area is 159 Å². The molecule has 1 aliphatic heterocycles. The molecule has 0 spiro atoms. The van der Waals surface area contributed by atoms with E-state index >= 15 is 0 Å². The summed E-state index contributed by atoms with van der Waals surface area (Å²) in [5.74, 6) is -0.993. The highest BCUT2D eigenvalue weighted by molar-refractivity contribution is 7.94. The summed E-state index contributed by atoms with van der Waals surface area (Å²) in [6.07, 6.45) is 0.734. The SMILES string of the molecule is CNC(=O)C(C)(C)c1cc(NC(=O)C(C)(C)S(=O)(=O)C2CCOCC2)on1. The number of rotatable bonds is 6. The van der Waals surface area contributed by atoms with Gasteiger partial charge in [0.1, 0.15) is 10.4 Å². The summed E-state index contributed by atoms with van der Waals surface area (Å²) in [7, 11) is -2.23. The standard InChI is InChI=1S/C17H27N3O6S/c1-16(2,14(21)18-5)12-10-13(26-20-12)19-15(22)17(3,4)27(23,24)11-6-8-25-9-7-11/h10-11H,6-9H2,1-5H3,(H,18,21)(H,19,22). The fraction of sp³-hybridized carbons (Fsp3) is 0.706. The van der Waals surface area contributed by atoms with E-state index in [9.17, 15) is 18.0 Å². The van der Waals surface area contributed by atoms with Crippen LogP contribution >= 0.6 is 0 Å². The minimum atomic E-state index is -3.74. The van der Waals surface area contributed by atoms with Crippen molar-refractivity contribution in [2.24, 2.45) is 0 Å². The molecule has 2 amide bonds. The van der Waals surface area contributed by atoms with Crippen LogP contribution in [0.3, 0.4) is 0 Å². The molecular weight excluding hydrogens is 374 g/mol. The number of likely N-dealkylation sites (N-methyl/N-ethyl adjacent to an activating group) is 1. The zero-order chi connectivity index (χ0) is 20.5. The van der Waals surface area contributed by atoms with Gasteiger partial charge >= 0.3 is 0 Å². The number of hydrogen-bond acceptors (Lipinski definition) is 7. The van der Waals surface area contributed by atoms with Crippen LogP contribution in [0.2, 0.25) is 0 Å². The number of amides is 2. The molecular formula is C17H27N3O6S. The third-order valence-corrected chi connectivity index (χ3v) is 8.00. The molecule has 1 saturated heterocycles. The largest absolute Gasteiger partial charge is 0.381 e. The molecule has 0 saturated carbocycles. The molecule has 0 aliphatic carbocycles. The van der Waals surface area contributed by atoms with Crippen molar-refractivity contribution >= 4 is 27.5 Å². The van der Waals surface area contributed by atoms with E-state index in [4.69, 9.17) is 9.26 Å². The Morgan fingerprint density at radius 1 is 1.15 bits per heavy atom. The predicted molar refractivity (Wildman–Crippen MR) is 99.1 cm³/mol. The summed E-state index contributed by atoms with van der Waals surface area (Å²) in [4.78, 5) is 24.6. The van der Waals surface area contributed by atoms with Crippen molar-refractivity contribution in [3.63, 3.8) is 0 Å². The van der Waals surface area contributed by atoms with Gasteiger partial charge in [-0.3, -0.25) is 14.9 Å². The van der Waals surface area contributed by atoms with Gasteiger partial charge in [-0.05, 0) is 40.5 Å². The van der Waals surface area contributed by atoms with Gasteiger partial charge in [0.15, 0.2) is 9.84 Å². The Balaban J connectivity index is 2.18. The Bertz CT molecular complexity index is 806. The van der Waals surface area contributed by atoms with Crippen molar-refractivity contribution in [1.82, 2.24) is 10.5 Å². The first-order chi connectivity index (χ1) is 12.4. The van der Waals surface area contributed by atoms with Crippen molar-refractivity contribution in [3.05, 3.63) is 11.8 Å². The third-order valence-electron chi connectivity index (χ3n) is 5.05. The van der Waals surface area contributed by atoms with Crippen LogP contribution in [0.15, 0.2) is 10.6 Å². The van der Waals surface area contributed by atoms with E-state index in [0.29, 0.717) is 31.7 Å². The minimum absolute atomic E-state index is 0.0118. The van der Waals surface area contributed by atoms with E-state index in [0.717, 1.165) is 0 Å². The van der Waals surface area contributed by atoms with Crippen LogP contribution in [0, 0.1) is 0 Å². The molecule has 2 heterocycles. The van der Waals surface area contributed by atoms with Gasteiger partial charge in [0.05, 0.1) is 10.7 Å². The maximum atomic E-state index is 12.9. The van der Waals surface area contributed by atoms with E-state index in [1.54, 1.807) is 13.8 Å². The van der Waals surface area contributed by atoms with Gasteiger partial charge < -0.3 is 14.6 Å². The predicted octanol–water partition coefficient (Wildman–Crippen LogP) is 1.01. The summed E-state index contributed by atoms with van der Waals surface area (Å²) in [6, 6.07) is 1.42. The maximum absolute atomic E-state index is 12.9. The van der Waals surface area contributed by atoms with Crippen molar-refractivity contribution < 1.29 is 27.3 Å². The molecule has 10 heteroatoms. The van der Waals surface area contributed by atoms with Gasteiger partial charge in [0, 0.05) is 26.3 Å². The highest BCUT2D eigenvalue weighted by Gasteiger charge is 2.47. The molecule has 1 aromatic rings. The van der Waals surface area contributed by atoms with Crippen LogP contribution < -0.4 is 10.6 Å². The number of nitrogens with one attached hydrogen (secondary N) is 2. The van der Waals surface area contributed by atoms with Crippen LogP contribution in [-0.4, -0.2) is 55.6 Å². The van der Waals surface area contributed by atoms with E-state index in [1.807, 2.05) is 0 Å². The van der Waals surface area contributed by atoms with E-state index in [2.05, 4.69) is 15.8 Å². The highest BCUT2D eigenvalue weighted by atomic mass is 32.2. The summed E-state index contributed by atoms with van der Waals surface area (Å²) in [5.41, 5.74) is -0.646. The fourth-order valence-electron chi connectivity index (χ4n) is 2.85. The lowest BCUT2D eigenvalue weighted by Crippen LogP contribution is -2.50. The maximum Gasteiger partial charge on any atom is 0.247 e.